The summed E-state index contributed by atoms with van der Waals surface area (Å²) in [6.45, 7) is 0.681. The van der Waals surface area contributed by atoms with Gasteiger partial charge in [0.15, 0.2) is 21.3 Å². The van der Waals surface area contributed by atoms with E-state index in [1.54, 1.807) is 6.07 Å². The predicted molar refractivity (Wildman–Crippen MR) is 107 cm³/mol. The lowest BCUT2D eigenvalue weighted by molar-refractivity contribution is -0.0512. The Morgan fingerprint density at radius 3 is 2.65 bits per heavy atom. The van der Waals surface area contributed by atoms with Gasteiger partial charge in [0.1, 0.15) is 0 Å². The second-order valence-electron chi connectivity index (χ2n) is 7.62. The van der Waals surface area contributed by atoms with Crippen LogP contribution in [0.3, 0.4) is 0 Å². The number of alkyl halides is 2. The molecule has 9 nitrogen and oxygen atoms in total. The summed E-state index contributed by atoms with van der Waals surface area (Å²) in [7, 11) is -1.53. The molecule has 0 amide bonds. The molecule has 3 heterocycles. The molecule has 2 aliphatic rings. The van der Waals surface area contributed by atoms with Crippen LogP contribution in [0.15, 0.2) is 22.7 Å². The average molecular weight is 458 g/mol. The summed E-state index contributed by atoms with van der Waals surface area (Å²) in [6, 6.07) is 4.57. The SMILES string of the molecule is COc1cc(-c2noc(CN3CCN(C4CCS(=O)(=O)C4)CC3)n2)ccc1OC(F)F. The highest BCUT2D eigenvalue weighted by atomic mass is 32.2. The summed E-state index contributed by atoms with van der Waals surface area (Å²) in [5.41, 5.74) is 0.556. The van der Waals surface area contributed by atoms with Crippen LogP contribution in [0.4, 0.5) is 8.78 Å². The lowest BCUT2D eigenvalue weighted by atomic mass is 10.2. The van der Waals surface area contributed by atoms with Crippen LogP contribution in [0, 0.1) is 0 Å². The van der Waals surface area contributed by atoms with Crippen molar-refractivity contribution in [1.82, 2.24) is 19.9 Å². The van der Waals surface area contributed by atoms with Gasteiger partial charge in [-0.2, -0.15) is 13.8 Å². The van der Waals surface area contributed by atoms with Crippen LogP contribution in [-0.2, 0) is 16.4 Å². The molecular weight excluding hydrogens is 434 g/mol. The number of methoxy groups -OCH3 is 1. The predicted octanol–water partition coefficient (Wildman–Crippen LogP) is 1.65. The van der Waals surface area contributed by atoms with Gasteiger partial charge in [-0.15, -0.1) is 0 Å². The van der Waals surface area contributed by atoms with Crippen molar-refractivity contribution >= 4 is 9.84 Å². The third-order valence-electron chi connectivity index (χ3n) is 5.60. The Kier molecular flexibility index (Phi) is 6.39. The normalized spacial score (nSPS) is 22.1. The van der Waals surface area contributed by atoms with Crippen molar-refractivity contribution in [2.24, 2.45) is 0 Å². The molecule has 4 rings (SSSR count). The minimum atomic E-state index is -2.95. The molecule has 0 radical (unpaired) electrons. The molecule has 1 unspecified atom stereocenters. The number of ether oxygens (including phenoxy) is 2. The number of benzene rings is 1. The van der Waals surface area contributed by atoms with E-state index >= 15 is 0 Å². The van der Waals surface area contributed by atoms with Crippen molar-refractivity contribution < 1.29 is 31.2 Å². The van der Waals surface area contributed by atoms with E-state index in [0.29, 0.717) is 30.2 Å². The smallest absolute Gasteiger partial charge is 0.387 e. The van der Waals surface area contributed by atoms with Gasteiger partial charge in [-0.3, -0.25) is 9.80 Å². The molecule has 0 spiro atoms. The summed E-state index contributed by atoms with van der Waals surface area (Å²) in [6.07, 6.45) is 0.708. The topological polar surface area (TPSA) is 98.0 Å². The highest BCUT2D eigenvalue weighted by Crippen LogP contribution is 2.32. The van der Waals surface area contributed by atoms with Gasteiger partial charge in [0.2, 0.25) is 11.7 Å². The lowest BCUT2D eigenvalue weighted by Crippen LogP contribution is -2.50. The van der Waals surface area contributed by atoms with E-state index in [1.807, 2.05) is 0 Å². The number of aromatic nitrogens is 2. The summed E-state index contributed by atoms with van der Waals surface area (Å²) >= 11 is 0. The van der Waals surface area contributed by atoms with E-state index in [9.17, 15) is 17.2 Å². The first-order valence-corrected chi connectivity index (χ1v) is 11.8. The van der Waals surface area contributed by atoms with E-state index in [1.165, 1.54) is 19.2 Å². The fraction of sp³-hybridized carbons (Fsp3) is 0.579. The molecule has 2 aromatic rings. The maximum Gasteiger partial charge on any atom is 0.387 e. The van der Waals surface area contributed by atoms with Gasteiger partial charge in [0.05, 0.1) is 25.2 Å². The average Bonchev–Trinajstić information content (AvgIpc) is 3.34. The van der Waals surface area contributed by atoms with E-state index in [-0.39, 0.29) is 29.0 Å². The van der Waals surface area contributed by atoms with Gasteiger partial charge in [0, 0.05) is 37.8 Å². The summed E-state index contributed by atoms with van der Waals surface area (Å²) in [4.78, 5) is 8.82. The van der Waals surface area contributed by atoms with E-state index in [2.05, 4.69) is 24.7 Å². The van der Waals surface area contributed by atoms with Crippen LogP contribution < -0.4 is 9.47 Å². The summed E-state index contributed by atoms with van der Waals surface area (Å²) < 4.78 is 63.3. The molecule has 170 valence electrons. The first-order valence-electron chi connectivity index (χ1n) is 9.95. The highest BCUT2D eigenvalue weighted by Gasteiger charge is 2.33. The number of halogens is 2. The van der Waals surface area contributed by atoms with Crippen LogP contribution in [0.25, 0.3) is 11.4 Å². The number of sulfone groups is 1. The van der Waals surface area contributed by atoms with Crippen molar-refractivity contribution in [3.05, 3.63) is 24.1 Å². The van der Waals surface area contributed by atoms with Crippen molar-refractivity contribution in [3.63, 3.8) is 0 Å². The molecule has 2 saturated heterocycles. The maximum absolute atomic E-state index is 12.5. The zero-order valence-corrected chi connectivity index (χ0v) is 17.9. The monoisotopic (exact) mass is 458 g/mol. The maximum atomic E-state index is 12.5. The Morgan fingerprint density at radius 2 is 2.00 bits per heavy atom. The minimum absolute atomic E-state index is 0.0714. The molecule has 1 atom stereocenters. The quantitative estimate of drug-likeness (QED) is 0.613. The molecule has 1 aromatic carbocycles. The Hall–Kier alpha value is -2.31. The molecule has 2 fully saturated rings. The minimum Gasteiger partial charge on any atom is -0.493 e. The van der Waals surface area contributed by atoms with Crippen molar-refractivity contribution in [3.8, 4) is 22.9 Å². The highest BCUT2D eigenvalue weighted by molar-refractivity contribution is 7.91. The number of hydrogen-bond donors (Lipinski definition) is 0. The first-order chi connectivity index (χ1) is 14.8. The molecule has 1 aromatic heterocycles. The Balaban J connectivity index is 1.35. The van der Waals surface area contributed by atoms with Crippen LogP contribution in [0.5, 0.6) is 11.5 Å². The molecule has 0 N–H and O–H groups in total. The van der Waals surface area contributed by atoms with Gasteiger partial charge in [-0.25, -0.2) is 8.42 Å². The summed E-state index contributed by atoms with van der Waals surface area (Å²) in [5, 5.41) is 3.98. The Morgan fingerprint density at radius 1 is 1.23 bits per heavy atom. The second-order valence-corrected chi connectivity index (χ2v) is 9.85. The van der Waals surface area contributed by atoms with Crippen LogP contribution in [0.2, 0.25) is 0 Å². The van der Waals surface area contributed by atoms with Crippen molar-refractivity contribution in [2.45, 2.75) is 25.6 Å². The van der Waals surface area contributed by atoms with E-state index in [0.717, 1.165) is 26.2 Å². The standard InChI is InChI=1S/C19H24F2N4O5S/c1-28-16-10-13(2-3-15(16)29-19(20)21)18-22-17(30-23-18)11-24-5-7-25(8-6-24)14-4-9-31(26,27)12-14/h2-3,10,14,19H,4-9,11-12H2,1H3. The van der Waals surface area contributed by atoms with Crippen LogP contribution in [-0.4, -0.2) is 85.8 Å². The molecule has 2 aliphatic heterocycles. The van der Waals surface area contributed by atoms with Crippen LogP contribution >= 0.6 is 0 Å². The lowest BCUT2D eigenvalue weighted by Gasteiger charge is -2.37. The first kappa shape index (κ1) is 21.9. The number of nitrogens with zero attached hydrogens (tertiary/aromatic N) is 4. The zero-order chi connectivity index (χ0) is 22.0. The van der Waals surface area contributed by atoms with Gasteiger partial charge in [0.25, 0.3) is 0 Å². The number of piperazine rings is 1. The van der Waals surface area contributed by atoms with Gasteiger partial charge in [-0.05, 0) is 24.6 Å². The Bertz CT molecular complexity index is 1010. The molecule has 31 heavy (non-hydrogen) atoms. The second kappa shape index (κ2) is 9.05. The fourth-order valence-electron chi connectivity index (χ4n) is 3.98. The number of rotatable bonds is 7. The van der Waals surface area contributed by atoms with Gasteiger partial charge in [-0.1, -0.05) is 5.16 Å². The summed E-state index contributed by atoms with van der Waals surface area (Å²) in [5.74, 6) is 1.38. The molecule has 12 heteroatoms. The van der Waals surface area contributed by atoms with Crippen LogP contribution in [0.1, 0.15) is 12.3 Å². The van der Waals surface area contributed by atoms with Crippen molar-refractivity contribution in [1.29, 1.82) is 0 Å². The molecule has 0 bridgehead atoms. The van der Waals surface area contributed by atoms with Crippen molar-refractivity contribution in [2.75, 3.05) is 44.8 Å². The third kappa shape index (κ3) is 5.31. The third-order valence-corrected chi connectivity index (χ3v) is 7.35. The molecule has 0 saturated carbocycles. The van der Waals surface area contributed by atoms with E-state index < -0.39 is 16.4 Å². The zero-order valence-electron chi connectivity index (χ0n) is 17.0. The largest absolute Gasteiger partial charge is 0.493 e. The molecular formula is C19H24F2N4O5S. The number of hydrogen-bond acceptors (Lipinski definition) is 9. The Labute approximate surface area is 178 Å². The van der Waals surface area contributed by atoms with Gasteiger partial charge < -0.3 is 14.0 Å². The van der Waals surface area contributed by atoms with E-state index in [4.69, 9.17) is 9.26 Å². The molecule has 0 aliphatic carbocycles. The van der Waals surface area contributed by atoms with Gasteiger partial charge >= 0.3 is 6.61 Å². The fourth-order valence-corrected chi connectivity index (χ4v) is 5.74.